The van der Waals surface area contributed by atoms with E-state index in [0.717, 1.165) is 12.8 Å². The Labute approximate surface area is 96.7 Å². The number of hydrogen-bond donors (Lipinski definition) is 2. The zero-order chi connectivity index (χ0) is 12.8. The summed E-state index contributed by atoms with van der Waals surface area (Å²) in [5.41, 5.74) is -0.596. The van der Waals surface area contributed by atoms with Crippen LogP contribution in [-0.4, -0.2) is 22.2 Å². The molecule has 4 heteroatoms. The molecular weight excluding hydrogens is 208 g/mol. The van der Waals surface area contributed by atoms with Gasteiger partial charge in [0.1, 0.15) is 0 Å². The second-order valence-electron chi connectivity index (χ2n) is 4.37. The standard InChI is InChI=1S/C12H22O4/c1-4-9(5-2)12(6-3,7-10(13)14)8-11(15)16/h9H,4-8H2,1-3H3,(H,13,14)(H,15,16). The van der Waals surface area contributed by atoms with Crippen molar-refractivity contribution in [2.24, 2.45) is 11.3 Å². The summed E-state index contributed by atoms with van der Waals surface area (Å²) in [6.45, 7) is 5.86. The van der Waals surface area contributed by atoms with Crippen LogP contribution in [0, 0.1) is 11.3 Å². The van der Waals surface area contributed by atoms with Crippen LogP contribution in [0.5, 0.6) is 0 Å². The molecule has 0 fully saturated rings. The topological polar surface area (TPSA) is 74.6 Å². The number of carboxylic acid groups (broad SMARTS) is 2. The quantitative estimate of drug-likeness (QED) is 0.672. The molecule has 0 unspecified atom stereocenters. The molecule has 0 spiro atoms. The number of carboxylic acids is 2. The monoisotopic (exact) mass is 230 g/mol. The molecule has 0 aromatic carbocycles. The third-order valence-corrected chi connectivity index (χ3v) is 3.56. The molecule has 0 aromatic heterocycles. The van der Waals surface area contributed by atoms with E-state index in [1.165, 1.54) is 0 Å². The zero-order valence-electron chi connectivity index (χ0n) is 10.3. The van der Waals surface area contributed by atoms with Crippen LogP contribution in [0.1, 0.15) is 52.9 Å². The second kappa shape index (κ2) is 6.51. The lowest BCUT2D eigenvalue weighted by Gasteiger charge is -2.37. The smallest absolute Gasteiger partial charge is 0.303 e. The fraction of sp³-hybridized carbons (Fsp3) is 0.833. The lowest BCUT2D eigenvalue weighted by atomic mass is 9.66. The summed E-state index contributed by atoms with van der Waals surface area (Å²) in [6, 6.07) is 0. The summed E-state index contributed by atoms with van der Waals surface area (Å²) in [5, 5.41) is 17.9. The van der Waals surface area contributed by atoms with Gasteiger partial charge in [-0.3, -0.25) is 9.59 Å². The van der Waals surface area contributed by atoms with Crippen LogP contribution in [0.4, 0.5) is 0 Å². The molecule has 94 valence electrons. The van der Waals surface area contributed by atoms with Gasteiger partial charge in [0.05, 0.1) is 12.8 Å². The molecule has 0 aliphatic rings. The van der Waals surface area contributed by atoms with Crippen molar-refractivity contribution in [1.29, 1.82) is 0 Å². The van der Waals surface area contributed by atoms with E-state index >= 15 is 0 Å². The van der Waals surface area contributed by atoms with Crippen LogP contribution < -0.4 is 0 Å². The van der Waals surface area contributed by atoms with Crippen LogP contribution in [0.15, 0.2) is 0 Å². The average molecular weight is 230 g/mol. The van der Waals surface area contributed by atoms with Crippen molar-refractivity contribution in [3.05, 3.63) is 0 Å². The summed E-state index contributed by atoms with van der Waals surface area (Å²) in [7, 11) is 0. The first-order valence-corrected chi connectivity index (χ1v) is 5.85. The van der Waals surface area contributed by atoms with Crippen LogP contribution in [-0.2, 0) is 9.59 Å². The van der Waals surface area contributed by atoms with Crippen LogP contribution in [0.2, 0.25) is 0 Å². The van der Waals surface area contributed by atoms with Crippen LogP contribution >= 0.6 is 0 Å². The minimum Gasteiger partial charge on any atom is -0.481 e. The number of rotatable bonds is 8. The summed E-state index contributed by atoms with van der Waals surface area (Å²) in [5.74, 6) is -1.66. The third-order valence-electron chi connectivity index (χ3n) is 3.56. The molecule has 0 saturated heterocycles. The first-order chi connectivity index (χ1) is 7.41. The zero-order valence-corrected chi connectivity index (χ0v) is 10.3. The molecule has 0 aromatic rings. The predicted octanol–water partition coefficient (Wildman–Crippen LogP) is 2.77. The minimum atomic E-state index is -0.907. The van der Waals surface area contributed by atoms with E-state index < -0.39 is 17.4 Å². The van der Waals surface area contributed by atoms with Gasteiger partial charge in [0.15, 0.2) is 0 Å². The largest absolute Gasteiger partial charge is 0.481 e. The molecule has 0 atom stereocenters. The highest BCUT2D eigenvalue weighted by Crippen LogP contribution is 2.42. The molecular formula is C12H22O4. The van der Waals surface area contributed by atoms with Crippen LogP contribution in [0.25, 0.3) is 0 Å². The number of aliphatic carboxylic acids is 2. The maximum atomic E-state index is 10.9. The van der Waals surface area contributed by atoms with Gasteiger partial charge < -0.3 is 10.2 Å². The molecule has 0 aliphatic heterocycles. The molecule has 0 bridgehead atoms. The predicted molar refractivity (Wildman–Crippen MR) is 61.3 cm³/mol. The first-order valence-electron chi connectivity index (χ1n) is 5.85. The van der Waals surface area contributed by atoms with Crippen molar-refractivity contribution in [1.82, 2.24) is 0 Å². The van der Waals surface area contributed by atoms with Gasteiger partial charge >= 0.3 is 11.9 Å². The normalized spacial score (nSPS) is 11.8. The molecule has 4 nitrogen and oxygen atoms in total. The Morgan fingerprint density at radius 2 is 1.38 bits per heavy atom. The Balaban J connectivity index is 5.06. The molecule has 0 radical (unpaired) electrons. The Bertz CT molecular complexity index is 227. The molecule has 16 heavy (non-hydrogen) atoms. The summed E-state index contributed by atoms with van der Waals surface area (Å²) >= 11 is 0. The second-order valence-corrected chi connectivity index (χ2v) is 4.37. The van der Waals surface area contributed by atoms with Crippen molar-refractivity contribution < 1.29 is 19.8 Å². The number of carbonyl (C=O) groups is 2. The van der Waals surface area contributed by atoms with Gasteiger partial charge in [-0.15, -0.1) is 0 Å². The lowest BCUT2D eigenvalue weighted by Crippen LogP contribution is -2.34. The van der Waals surface area contributed by atoms with Gasteiger partial charge in [-0.2, -0.15) is 0 Å². The summed E-state index contributed by atoms with van der Waals surface area (Å²) in [4.78, 5) is 21.8. The Morgan fingerprint density at radius 3 is 1.56 bits per heavy atom. The van der Waals surface area contributed by atoms with Gasteiger partial charge in [0.2, 0.25) is 0 Å². The van der Waals surface area contributed by atoms with Gasteiger partial charge in [0.25, 0.3) is 0 Å². The van der Waals surface area contributed by atoms with E-state index in [9.17, 15) is 9.59 Å². The third kappa shape index (κ3) is 3.83. The van der Waals surface area contributed by atoms with Gasteiger partial charge in [-0.1, -0.05) is 33.6 Å². The van der Waals surface area contributed by atoms with Crippen molar-refractivity contribution in [3.63, 3.8) is 0 Å². The molecule has 0 saturated carbocycles. The summed E-state index contributed by atoms with van der Waals surface area (Å²) in [6.07, 6.45) is 2.14. The maximum absolute atomic E-state index is 10.9. The van der Waals surface area contributed by atoms with Crippen molar-refractivity contribution in [2.45, 2.75) is 52.9 Å². The molecule has 2 N–H and O–H groups in total. The van der Waals surface area contributed by atoms with E-state index in [1.54, 1.807) is 0 Å². The summed E-state index contributed by atoms with van der Waals surface area (Å²) < 4.78 is 0. The maximum Gasteiger partial charge on any atom is 0.303 e. The first kappa shape index (κ1) is 14.9. The molecule has 0 aliphatic carbocycles. The number of hydrogen-bond acceptors (Lipinski definition) is 2. The van der Waals surface area contributed by atoms with E-state index in [-0.39, 0.29) is 18.8 Å². The van der Waals surface area contributed by atoms with Gasteiger partial charge in [-0.05, 0) is 17.8 Å². The SMILES string of the molecule is CCC(CC)C(CC)(CC(=O)O)CC(=O)O. The van der Waals surface area contributed by atoms with Gasteiger partial charge in [0, 0.05) is 0 Å². The van der Waals surface area contributed by atoms with E-state index in [0.29, 0.717) is 6.42 Å². The average Bonchev–Trinajstić information content (AvgIpc) is 2.17. The Morgan fingerprint density at radius 1 is 1.00 bits per heavy atom. The fourth-order valence-corrected chi connectivity index (χ4v) is 2.65. The molecule has 0 amide bonds. The molecule has 0 heterocycles. The highest BCUT2D eigenvalue weighted by atomic mass is 16.4. The van der Waals surface area contributed by atoms with E-state index in [2.05, 4.69) is 0 Å². The van der Waals surface area contributed by atoms with E-state index in [1.807, 2.05) is 20.8 Å². The minimum absolute atomic E-state index is 0.0534. The Hall–Kier alpha value is -1.06. The highest BCUT2D eigenvalue weighted by molar-refractivity contribution is 5.72. The Kier molecular flexibility index (Phi) is 6.08. The highest BCUT2D eigenvalue weighted by Gasteiger charge is 2.39. The van der Waals surface area contributed by atoms with Crippen molar-refractivity contribution in [3.8, 4) is 0 Å². The van der Waals surface area contributed by atoms with Crippen molar-refractivity contribution >= 4 is 11.9 Å². The fourth-order valence-electron chi connectivity index (χ4n) is 2.65. The van der Waals surface area contributed by atoms with E-state index in [4.69, 9.17) is 10.2 Å². The molecule has 0 rings (SSSR count). The van der Waals surface area contributed by atoms with Crippen molar-refractivity contribution in [2.75, 3.05) is 0 Å². The van der Waals surface area contributed by atoms with Crippen LogP contribution in [0.3, 0.4) is 0 Å². The lowest BCUT2D eigenvalue weighted by molar-refractivity contribution is -0.146. The van der Waals surface area contributed by atoms with Gasteiger partial charge in [-0.25, -0.2) is 0 Å².